The summed E-state index contributed by atoms with van der Waals surface area (Å²) < 4.78 is 30.1. The van der Waals surface area contributed by atoms with Gasteiger partial charge in [0.1, 0.15) is 11.6 Å². The number of likely N-dealkylation sites (N-methyl/N-ethyl adjacent to an activating group) is 1. The molecule has 0 saturated heterocycles. The number of aromatic nitrogens is 2. The highest BCUT2D eigenvalue weighted by molar-refractivity contribution is 9.10. The van der Waals surface area contributed by atoms with Gasteiger partial charge in [0.05, 0.1) is 21.9 Å². The quantitative estimate of drug-likeness (QED) is 0.827. The molecule has 3 nitrogen and oxygen atoms in total. The van der Waals surface area contributed by atoms with Crippen LogP contribution in [0, 0.1) is 18.6 Å². The van der Waals surface area contributed by atoms with E-state index in [1.807, 2.05) is 27.0 Å². The van der Waals surface area contributed by atoms with E-state index in [-0.39, 0.29) is 22.5 Å². The Hall–Kier alpha value is -1.27. The molecule has 0 aliphatic carbocycles. The zero-order chi connectivity index (χ0) is 15.6. The van der Waals surface area contributed by atoms with Crippen molar-refractivity contribution in [2.45, 2.75) is 26.3 Å². The van der Waals surface area contributed by atoms with E-state index in [0.717, 1.165) is 11.4 Å². The summed E-state index contributed by atoms with van der Waals surface area (Å²) in [6.07, 6.45) is 0.226. The van der Waals surface area contributed by atoms with Gasteiger partial charge in [0.25, 0.3) is 0 Å². The molecule has 1 heterocycles. The van der Waals surface area contributed by atoms with E-state index in [4.69, 9.17) is 0 Å². The van der Waals surface area contributed by atoms with Crippen LogP contribution in [-0.2, 0) is 13.5 Å². The molecule has 21 heavy (non-hydrogen) atoms. The van der Waals surface area contributed by atoms with Gasteiger partial charge in [-0.15, -0.1) is 0 Å². The van der Waals surface area contributed by atoms with Crippen molar-refractivity contribution >= 4 is 15.9 Å². The molecular formula is C15H18BrF2N3. The molecule has 0 aliphatic rings. The van der Waals surface area contributed by atoms with Crippen molar-refractivity contribution in [3.63, 3.8) is 0 Å². The smallest absolute Gasteiger partial charge is 0.143 e. The van der Waals surface area contributed by atoms with E-state index in [9.17, 15) is 8.78 Å². The molecule has 114 valence electrons. The second kappa shape index (κ2) is 6.66. The minimum absolute atomic E-state index is 0.0779. The Bertz CT molecular complexity index is 640. The van der Waals surface area contributed by atoms with Gasteiger partial charge in [-0.05, 0) is 54.0 Å². The summed E-state index contributed by atoms with van der Waals surface area (Å²) in [4.78, 5) is 0. The van der Waals surface area contributed by atoms with Crippen LogP contribution in [-0.4, -0.2) is 16.3 Å². The first-order valence-corrected chi connectivity index (χ1v) is 7.59. The van der Waals surface area contributed by atoms with Gasteiger partial charge in [0.15, 0.2) is 0 Å². The monoisotopic (exact) mass is 357 g/mol. The summed E-state index contributed by atoms with van der Waals surface area (Å²) in [6.45, 7) is 4.56. The first-order chi connectivity index (χ1) is 9.93. The molecule has 1 N–H and O–H groups in total. The van der Waals surface area contributed by atoms with Gasteiger partial charge in [0, 0.05) is 12.6 Å². The second-order valence-electron chi connectivity index (χ2n) is 4.97. The van der Waals surface area contributed by atoms with Gasteiger partial charge < -0.3 is 5.32 Å². The average molecular weight is 358 g/mol. The number of nitrogens with zero attached hydrogens (tertiary/aromatic N) is 2. The van der Waals surface area contributed by atoms with Crippen LogP contribution < -0.4 is 5.32 Å². The van der Waals surface area contributed by atoms with Gasteiger partial charge in [-0.1, -0.05) is 6.92 Å². The molecule has 2 aromatic rings. The molecule has 0 aliphatic heterocycles. The molecule has 0 bridgehead atoms. The molecule has 0 saturated carbocycles. The predicted octanol–water partition coefficient (Wildman–Crippen LogP) is 3.66. The molecular weight excluding hydrogens is 340 g/mol. The fourth-order valence-electron chi connectivity index (χ4n) is 2.44. The third-order valence-corrected chi connectivity index (χ3v) is 4.01. The van der Waals surface area contributed by atoms with E-state index < -0.39 is 11.6 Å². The highest BCUT2D eigenvalue weighted by Crippen LogP contribution is 2.26. The first kappa shape index (κ1) is 16.1. The van der Waals surface area contributed by atoms with Gasteiger partial charge in [-0.25, -0.2) is 8.78 Å². The van der Waals surface area contributed by atoms with Gasteiger partial charge in [-0.2, -0.15) is 5.10 Å². The van der Waals surface area contributed by atoms with Crippen molar-refractivity contribution in [3.05, 3.63) is 51.3 Å². The Balaban J connectivity index is 2.37. The van der Waals surface area contributed by atoms with E-state index >= 15 is 0 Å². The Kier molecular flexibility index (Phi) is 5.11. The topological polar surface area (TPSA) is 29.9 Å². The number of rotatable bonds is 5. The number of aryl methyl sites for hydroxylation is 2. The Morgan fingerprint density at radius 1 is 1.38 bits per heavy atom. The lowest BCUT2D eigenvalue weighted by atomic mass is 10.0. The SMILES string of the molecule is CCNC(Cc1c(F)ccc(Br)c1F)c1cc(C)nn1C. The van der Waals surface area contributed by atoms with Crippen molar-refractivity contribution in [2.75, 3.05) is 6.54 Å². The molecule has 0 spiro atoms. The number of benzene rings is 1. The van der Waals surface area contributed by atoms with E-state index in [1.165, 1.54) is 12.1 Å². The summed E-state index contributed by atoms with van der Waals surface area (Å²) in [6, 6.07) is 4.39. The maximum atomic E-state index is 14.1. The Morgan fingerprint density at radius 3 is 2.67 bits per heavy atom. The van der Waals surface area contributed by atoms with Crippen LogP contribution in [0.15, 0.2) is 22.7 Å². The standard InChI is InChI=1S/C15H18BrF2N3/c1-4-19-13(14-7-9(2)20-21(14)3)8-10-12(17)6-5-11(16)15(10)18/h5-7,13,19H,4,8H2,1-3H3. The van der Waals surface area contributed by atoms with Gasteiger partial charge in [-0.3, -0.25) is 4.68 Å². The lowest BCUT2D eigenvalue weighted by Crippen LogP contribution is -2.26. The Morgan fingerprint density at radius 2 is 2.10 bits per heavy atom. The van der Waals surface area contributed by atoms with Crippen LogP contribution in [0.5, 0.6) is 0 Å². The lowest BCUT2D eigenvalue weighted by Gasteiger charge is -2.19. The summed E-state index contributed by atoms with van der Waals surface area (Å²) in [5, 5.41) is 7.56. The third-order valence-electron chi connectivity index (χ3n) is 3.39. The molecule has 2 rings (SSSR count). The summed E-state index contributed by atoms with van der Waals surface area (Å²) in [7, 11) is 1.83. The number of halogens is 3. The molecule has 1 unspecified atom stereocenters. The van der Waals surface area contributed by atoms with Crippen LogP contribution in [0.25, 0.3) is 0 Å². The predicted molar refractivity (Wildman–Crippen MR) is 82.1 cm³/mol. The number of hydrogen-bond acceptors (Lipinski definition) is 2. The maximum Gasteiger partial charge on any atom is 0.143 e. The minimum atomic E-state index is -0.545. The molecule has 0 amide bonds. The second-order valence-corrected chi connectivity index (χ2v) is 5.82. The van der Waals surface area contributed by atoms with E-state index in [1.54, 1.807) is 4.68 Å². The number of hydrogen-bond donors (Lipinski definition) is 1. The largest absolute Gasteiger partial charge is 0.309 e. The zero-order valence-corrected chi connectivity index (χ0v) is 13.8. The highest BCUT2D eigenvalue weighted by Gasteiger charge is 2.21. The molecule has 1 aromatic heterocycles. The van der Waals surface area contributed by atoms with Crippen LogP contribution in [0.4, 0.5) is 8.78 Å². The van der Waals surface area contributed by atoms with Crippen molar-refractivity contribution in [1.82, 2.24) is 15.1 Å². The maximum absolute atomic E-state index is 14.1. The highest BCUT2D eigenvalue weighted by atomic mass is 79.9. The van der Waals surface area contributed by atoms with E-state index in [0.29, 0.717) is 6.54 Å². The zero-order valence-electron chi connectivity index (χ0n) is 12.3. The minimum Gasteiger partial charge on any atom is -0.309 e. The number of nitrogens with one attached hydrogen (secondary N) is 1. The van der Waals surface area contributed by atoms with Gasteiger partial charge in [0.2, 0.25) is 0 Å². The fourth-order valence-corrected chi connectivity index (χ4v) is 2.82. The van der Waals surface area contributed by atoms with Crippen LogP contribution in [0.3, 0.4) is 0 Å². The van der Waals surface area contributed by atoms with Crippen molar-refractivity contribution in [3.8, 4) is 0 Å². The summed E-state index contributed by atoms with van der Waals surface area (Å²) in [5.74, 6) is -1.07. The molecule has 0 radical (unpaired) electrons. The van der Waals surface area contributed by atoms with E-state index in [2.05, 4.69) is 26.3 Å². The van der Waals surface area contributed by atoms with Crippen LogP contribution in [0.1, 0.15) is 29.9 Å². The molecule has 6 heteroatoms. The summed E-state index contributed by atoms with van der Waals surface area (Å²) >= 11 is 3.10. The molecule has 0 fully saturated rings. The van der Waals surface area contributed by atoms with Gasteiger partial charge >= 0.3 is 0 Å². The molecule has 1 atom stereocenters. The Labute approximate surface area is 131 Å². The van der Waals surface area contributed by atoms with Crippen LogP contribution in [0.2, 0.25) is 0 Å². The normalized spacial score (nSPS) is 12.7. The van der Waals surface area contributed by atoms with Crippen molar-refractivity contribution in [2.24, 2.45) is 7.05 Å². The average Bonchev–Trinajstić information content (AvgIpc) is 2.77. The molecule has 1 aromatic carbocycles. The fraction of sp³-hybridized carbons (Fsp3) is 0.400. The van der Waals surface area contributed by atoms with Crippen molar-refractivity contribution < 1.29 is 8.78 Å². The summed E-state index contributed by atoms with van der Waals surface area (Å²) in [5.41, 5.74) is 1.87. The first-order valence-electron chi connectivity index (χ1n) is 6.80. The van der Waals surface area contributed by atoms with Crippen LogP contribution >= 0.6 is 15.9 Å². The van der Waals surface area contributed by atoms with Crippen molar-refractivity contribution in [1.29, 1.82) is 0 Å². The third kappa shape index (κ3) is 3.49. The lowest BCUT2D eigenvalue weighted by molar-refractivity contribution is 0.475.